The van der Waals surface area contributed by atoms with Crippen LogP contribution in [0.15, 0.2) is 4.99 Å². The quantitative estimate of drug-likeness (QED) is 0.553. The van der Waals surface area contributed by atoms with Gasteiger partial charge in [0.05, 0.1) is 12.7 Å². The van der Waals surface area contributed by atoms with E-state index in [1.807, 2.05) is 0 Å². The molecule has 2 atom stereocenters. The molecule has 1 N–H and O–H groups in total. The number of rotatable bonds is 0. The van der Waals surface area contributed by atoms with Crippen LogP contribution in [0.2, 0.25) is 0 Å². The first-order chi connectivity index (χ1) is 5.36. The van der Waals surface area contributed by atoms with Crippen LogP contribution in [-0.4, -0.2) is 31.1 Å². The largest absolute Gasteiger partial charge is 0.373 e. The number of hydrogen-bond donors (Lipinski definition) is 1. The number of fused-ring (bicyclic) bond motifs is 1. The molecule has 2 aliphatic heterocycles. The van der Waals surface area contributed by atoms with Crippen molar-refractivity contribution in [1.82, 2.24) is 5.32 Å². The minimum Gasteiger partial charge on any atom is -0.373 e. The molecule has 0 spiro atoms. The molecule has 3 nitrogen and oxygen atoms in total. The van der Waals surface area contributed by atoms with Gasteiger partial charge < -0.3 is 4.74 Å². The highest BCUT2D eigenvalue weighted by Crippen LogP contribution is 2.17. The van der Waals surface area contributed by atoms with Crippen molar-refractivity contribution in [3.63, 3.8) is 0 Å². The van der Waals surface area contributed by atoms with E-state index in [0.717, 1.165) is 26.0 Å². The minimum atomic E-state index is 0.248. The van der Waals surface area contributed by atoms with Crippen molar-refractivity contribution in [2.75, 3.05) is 13.2 Å². The molecule has 11 heavy (non-hydrogen) atoms. The molecule has 0 aromatic carbocycles. The molecule has 0 aromatic heterocycles. The Labute approximate surface area is 66.8 Å². The topological polar surface area (TPSA) is 33.6 Å². The molecule has 0 saturated carbocycles. The van der Waals surface area contributed by atoms with Crippen LogP contribution >= 0.6 is 0 Å². The third-order valence-electron chi connectivity index (χ3n) is 2.29. The fraction of sp³-hybridized carbons (Fsp3) is 0.875. The molecule has 3 heteroatoms. The Bertz CT molecular complexity index is 179. The van der Waals surface area contributed by atoms with Crippen LogP contribution in [0.4, 0.5) is 0 Å². The summed E-state index contributed by atoms with van der Waals surface area (Å²) in [5.74, 6) is 0. The molecule has 1 fully saturated rings. The summed E-state index contributed by atoms with van der Waals surface area (Å²) < 4.78 is 5.56. The van der Waals surface area contributed by atoms with Crippen molar-refractivity contribution in [3.8, 4) is 0 Å². The van der Waals surface area contributed by atoms with Gasteiger partial charge in [0, 0.05) is 12.3 Å². The van der Waals surface area contributed by atoms with Crippen LogP contribution in [0.1, 0.15) is 19.8 Å². The number of nitrogens with zero attached hydrogens (tertiary/aromatic N) is 1. The van der Waals surface area contributed by atoms with Crippen LogP contribution in [0.5, 0.6) is 0 Å². The maximum Gasteiger partial charge on any atom is 0.126 e. The Kier molecular flexibility index (Phi) is 1.92. The number of aliphatic imine (C=N–C) groups is 1. The van der Waals surface area contributed by atoms with Crippen LogP contribution in [0.25, 0.3) is 0 Å². The molecule has 1 saturated heterocycles. The zero-order valence-electron chi connectivity index (χ0n) is 6.84. The molecule has 2 unspecified atom stereocenters. The van der Waals surface area contributed by atoms with Gasteiger partial charge in [0.2, 0.25) is 0 Å². The van der Waals surface area contributed by atoms with Gasteiger partial charge in [-0.3, -0.25) is 10.3 Å². The number of nitrogens with one attached hydrogen (secondary N) is 1. The van der Waals surface area contributed by atoms with Crippen molar-refractivity contribution in [2.45, 2.75) is 32.0 Å². The zero-order valence-corrected chi connectivity index (χ0v) is 6.84. The van der Waals surface area contributed by atoms with E-state index in [-0.39, 0.29) is 6.17 Å². The Morgan fingerprint density at radius 1 is 1.64 bits per heavy atom. The van der Waals surface area contributed by atoms with Crippen molar-refractivity contribution in [2.24, 2.45) is 4.99 Å². The third kappa shape index (κ3) is 1.44. The lowest BCUT2D eigenvalue weighted by Crippen LogP contribution is -2.49. The molecule has 0 bridgehead atoms. The molecule has 62 valence electrons. The predicted octanol–water partition coefficient (Wildman–Crippen LogP) is 0.556. The summed E-state index contributed by atoms with van der Waals surface area (Å²) in [4.78, 5) is 4.48. The van der Waals surface area contributed by atoms with E-state index in [9.17, 15) is 0 Å². The monoisotopic (exact) mass is 154 g/mol. The maximum absolute atomic E-state index is 5.56. The Morgan fingerprint density at radius 2 is 2.55 bits per heavy atom. The van der Waals surface area contributed by atoms with Crippen molar-refractivity contribution in [1.29, 1.82) is 0 Å². The predicted molar refractivity (Wildman–Crippen MR) is 43.9 cm³/mol. The summed E-state index contributed by atoms with van der Waals surface area (Å²) in [5.41, 5.74) is 1.25. The van der Waals surface area contributed by atoms with Crippen LogP contribution in [0.3, 0.4) is 0 Å². The smallest absolute Gasteiger partial charge is 0.126 e. The summed E-state index contributed by atoms with van der Waals surface area (Å²) in [5, 5.41) is 3.34. The van der Waals surface area contributed by atoms with Gasteiger partial charge in [0.15, 0.2) is 0 Å². The SMILES string of the molecule is CC1=NC2NCCOC2CC1. The second kappa shape index (κ2) is 2.91. The molecular weight excluding hydrogens is 140 g/mol. The van der Waals surface area contributed by atoms with Crippen LogP contribution in [-0.2, 0) is 4.74 Å². The van der Waals surface area contributed by atoms with Gasteiger partial charge in [0.25, 0.3) is 0 Å². The van der Waals surface area contributed by atoms with Gasteiger partial charge >= 0.3 is 0 Å². The molecule has 0 aliphatic carbocycles. The van der Waals surface area contributed by atoms with E-state index in [4.69, 9.17) is 4.74 Å². The highest BCUT2D eigenvalue weighted by molar-refractivity contribution is 5.82. The normalized spacial score (nSPS) is 37.7. The van der Waals surface area contributed by atoms with E-state index in [2.05, 4.69) is 17.2 Å². The Balaban J connectivity index is 2.07. The van der Waals surface area contributed by atoms with E-state index >= 15 is 0 Å². The van der Waals surface area contributed by atoms with Crippen molar-refractivity contribution >= 4 is 5.71 Å². The maximum atomic E-state index is 5.56. The molecule has 2 aliphatic rings. The summed E-state index contributed by atoms with van der Waals surface area (Å²) in [6, 6.07) is 0. The zero-order chi connectivity index (χ0) is 7.68. The molecule has 0 amide bonds. The van der Waals surface area contributed by atoms with Gasteiger partial charge in [-0.25, -0.2) is 0 Å². The summed E-state index contributed by atoms with van der Waals surface area (Å²) >= 11 is 0. The second-order valence-corrected chi connectivity index (χ2v) is 3.21. The minimum absolute atomic E-state index is 0.248. The van der Waals surface area contributed by atoms with Crippen LogP contribution < -0.4 is 5.32 Å². The molecule has 2 heterocycles. The highest BCUT2D eigenvalue weighted by Gasteiger charge is 2.27. The van der Waals surface area contributed by atoms with E-state index in [1.54, 1.807) is 0 Å². The highest BCUT2D eigenvalue weighted by atomic mass is 16.5. The Morgan fingerprint density at radius 3 is 3.45 bits per heavy atom. The van der Waals surface area contributed by atoms with Crippen molar-refractivity contribution in [3.05, 3.63) is 0 Å². The van der Waals surface area contributed by atoms with E-state index < -0.39 is 0 Å². The van der Waals surface area contributed by atoms with Gasteiger partial charge in [-0.2, -0.15) is 0 Å². The number of hydrogen-bond acceptors (Lipinski definition) is 3. The molecule has 0 aromatic rings. The first-order valence-corrected chi connectivity index (χ1v) is 4.24. The lowest BCUT2D eigenvalue weighted by atomic mass is 10.0. The summed E-state index contributed by atoms with van der Waals surface area (Å²) in [6.45, 7) is 3.88. The van der Waals surface area contributed by atoms with Gasteiger partial charge in [-0.05, 0) is 19.8 Å². The van der Waals surface area contributed by atoms with E-state index in [1.165, 1.54) is 5.71 Å². The fourth-order valence-corrected chi connectivity index (χ4v) is 1.66. The first kappa shape index (κ1) is 7.25. The fourth-order valence-electron chi connectivity index (χ4n) is 1.66. The summed E-state index contributed by atoms with van der Waals surface area (Å²) in [6.07, 6.45) is 2.82. The average Bonchev–Trinajstić information content (AvgIpc) is 2.04. The van der Waals surface area contributed by atoms with Gasteiger partial charge in [-0.15, -0.1) is 0 Å². The van der Waals surface area contributed by atoms with E-state index in [0.29, 0.717) is 6.10 Å². The first-order valence-electron chi connectivity index (χ1n) is 4.24. The molecule has 2 rings (SSSR count). The lowest BCUT2D eigenvalue weighted by molar-refractivity contribution is -0.00826. The Hall–Kier alpha value is -0.410. The standard InChI is InChI=1S/C8H14N2O/c1-6-2-3-7-8(10-6)9-4-5-11-7/h7-9H,2-5H2,1H3. The molecule has 0 radical (unpaired) electrons. The van der Waals surface area contributed by atoms with Crippen molar-refractivity contribution < 1.29 is 4.74 Å². The third-order valence-corrected chi connectivity index (χ3v) is 2.29. The van der Waals surface area contributed by atoms with Gasteiger partial charge in [-0.1, -0.05) is 0 Å². The second-order valence-electron chi connectivity index (χ2n) is 3.21. The van der Waals surface area contributed by atoms with Gasteiger partial charge in [0.1, 0.15) is 6.17 Å². The lowest BCUT2D eigenvalue weighted by Gasteiger charge is -2.33. The molecular formula is C8H14N2O. The number of morpholine rings is 1. The average molecular weight is 154 g/mol. The van der Waals surface area contributed by atoms with Crippen LogP contribution in [0, 0.1) is 0 Å². The summed E-state index contributed by atoms with van der Waals surface area (Å²) in [7, 11) is 0. The number of ether oxygens (including phenoxy) is 1.